The van der Waals surface area contributed by atoms with Crippen molar-refractivity contribution < 1.29 is 0 Å². The Labute approximate surface area is 97.4 Å². The standard InChI is InChI=1S/C13H21N3/c1-11-8-12(11)9-15-6-2-4-13(10-15)16-7-3-5-14-16/h3,5,7,11-13H,2,4,6,8-10H2,1H3/t11-,12+,13+/m1/s1. The van der Waals surface area contributed by atoms with Crippen molar-refractivity contribution >= 4 is 0 Å². The van der Waals surface area contributed by atoms with Gasteiger partial charge in [-0.3, -0.25) is 4.68 Å². The molecule has 16 heavy (non-hydrogen) atoms. The minimum absolute atomic E-state index is 0.609. The molecule has 0 unspecified atom stereocenters. The zero-order chi connectivity index (χ0) is 11.0. The van der Waals surface area contributed by atoms with Crippen LogP contribution in [0.5, 0.6) is 0 Å². The van der Waals surface area contributed by atoms with Gasteiger partial charge in [0.2, 0.25) is 0 Å². The average Bonchev–Trinajstić information content (AvgIpc) is 2.83. The molecular formula is C13H21N3. The maximum Gasteiger partial charge on any atom is 0.0646 e. The molecule has 0 spiro atoms. The van der Waals surface area contributed by atoms with E-state index in [1.54, 1.807) is 0 Å². The normalized spacial score (nSPS) is 35.2. The maximum atomic E-state index is 4.37. The Morgan fingerprint density at radius 2 is 2.31 bits per heavy atom. The van der Waals surface area contributed by atoms with Crippen molar-refractivity contribution in [1.82, 2.24) is 14.7 Å². The highest BCUT2D eigenvalue weighted by Gasteiger charge is 2.35. The minimum atomic E-state index is 0.609. The number of rotatable bonds is 3. The van der Waals surface area contributed by atoms with Crippen LogP contribution in [0.4, 0.5) is 0 Å². The first-order valence-electron chi connectivity index (χ1n) is 6.54. The van der Waals surface area contributed by atoms with E-state index in [1.165, 1.54) is 38.9 Å². The van der Waals surface area contributed by atoms with Gasteiger partial charge in [-0.15, -0.1) is 0 Å². The molecule has 1 saturated heterocycles. The summed E-state index contributed by atoms with van der Waals surface area (Å²) in [7, 11) is 0. The van der Waals surface area contributed by atoms with Gasteiger partial charge in [0, 0.05) is 25.5 Å². The molecule has 2 fully saturated rings. The first-order chi connectivity index (χ1) is 7.83. The zero-order valence-corrected chi connectivity index (χ0v) is 10.0. The fraction of sp³-hybridized carbons (Fsp3) is 0.769. The van der Waals surface area contributed by atoms with Crippen molar-refractivity contribution in [2.45, 2.75) is 32.2 Å². The summed E-state index contributed by atoms with van der Waals surface area (Å²) in [4.78, 5) is 2.64. The number of aromatic nitrogens is 2. The van der Waals surface area contributed by atoms with Crippen molar-refractivity contribution in [3.05, 3.63) is 18.5 Å². The molecule has 0 bridgehead atoms. The van der Waals surface area contributed by atoms with Crippen LogP contribution in [0, 0.1) is 11.8 Å². The molecule has 1 aromatic rings. The Hall–Kier alpha value is -0.830. The molecule has 2 heterocycles. The van der Waals surface area contributed by atoms with E-state index in [0.717, 1.165) is 11.8 Å². The number of nitrogens with zero attached hydrogens (tertiary/aromatic N) is 3. The van der Waals surface area contributed by atoms with Crippen LogP contribution in [0.25, 0.3) is 0 Å². The molecule has 3 nitrogen and oxygen atoms in total. The topological polar surface area (TPSA) is 21.1 Å². The Morgan fingerprint density at radius 1 is 1.44 bits per heavy atom. The number of hydrogen-bond acceptors (Lipinski definition) is 2. The Kier molecular flexibility index (Phi) is 2.72. The number of piperidine rings is 1. The number of likely N-dealkylation sites (tertiary alicyclic amines) is 1. The van der Waals surface area contributed by atoms with Gasteiger partial charge < -0.3 is 4.90 Å². The summed E-state index contributed by atoms with van der Waals surface area (Å²) in [5.74, 6) is 1.96. The zero-order valence-electron chi connectivity index (χ0n) is 10.0. The molecule has 3 atom stereocenters. The maximum absolute atomic E-state index is 4.37. The van der Waals surface area contributed by atoms with E-state index in [-0.39, 0.29) is 0 Å². The lowest BCUT2D eigenvalue weighted by atomic mass is 10.1. The summed E-state index contributed by atoms with van der Waals surface area (Å²) in [6, 6.07) is 2.64. The van der Waals surface area contributed by atoms with Gasteiger partial charge in [-0.05, 0) is 43.7 Å². The molecule has 1 saturated carbocycles. The molecule has 3 heteroatoms. The summed E-state index contributed by atoms with van der Waals surface area (Å²) in [6.45, 7) is 6.18. The van der Waals surface area contributed by atoms with Crippen LogP contribution in [-0.4, -0.2) is 34.3 Å². The third kappa shape index (κ3) is 2.14. The Balaban J connectivity index is 1.57. The van der Waals surface area contributed by atoms with Gasteiger partial charge in [0.1, 0.15) is 0 Å². The largest absolute Gasteiger partial charge is 0.301 e. The van der Waals surface area contributed by atoms with Crippen molar-refractivity contribution in [3.8, 4) is 0 Å². The third-order valence-corrected chi connectivity index (χ3v) is 4.15. The van der Waals surface area contributed by atoms with Crippen LogP contribution in [0.1, 0.15) is 32.2 Å². The van der Waals surface area contributed by atoms with E-state index in [1.807, 2.05) is 12.3 Å². The third-order valence-electron chi connectivity index (χ3n) is 4.15. The molecule has 1 aliphatic heterocycles. The predicted octanol–water partition coefficient (Wildman–Crippen LogP) is 2.18. The van der Waals surface area contributed by atoms with Crippen molar-refractivity contribution in [2.75, 3.05) is 19.6 Å². The van der Waals surface area contributed by atoms with Gasteiger partial charge in [0.15, 0.2) is 0 Å². The molecule has 1 aromatic heterocycles. The SMILES string of the molecule is C[C@@H]1C[C@H]1CN1CCC[C@H](n2cccn2)C1. The lowest BCUT2D eigenvalue weighted by molar-refractivity contribution is 0.162. The van der Waals surface area contributed by atoms with Crippen molar-refractivity contribution in [3.63, 3.8) is 0 Å². The molecule has 0 amide bonds. The van der Waals surface area contributed by atoms with Crippen LogP contribution in [-0.2, 0) is 0 Å². The molecule has 2 aliphatic rings. The lowest BCUT2D eigenvalue weighted by Crippen LogP contribution is -2.38. The summed E-state index contributed by atoms with van der Waals surface area (Å²) in [5, 5.41) is 4.37. The van der Waals surface area contributed by atoms with Crippen LogP contribution < -0.4 is 0 Å². The summed E-state index contributed by atoms with van der Waals surface area (Å²) < 4.78 is 2.14. The van der Waals surface area contributed by atoms with Crippen LogP contribution in [0.2, 0.25) is 0 Å². The highest BCUT2D eigenvalue weighted by molar-refractivity contribution is 4.89. The van der Waals surface area contributed by atoms with Gasteiger partial charge in [-0.25, -0.2) is 0 Å². The Bertz CT molecular complexity index is 333. The van der Waals surface area contributed by atoms with Gasteiger partial charge in [-0.2, -0.15) is 5.10 Å². The molecule has 0 aromatic carbocycles. The minimum Gasteiger partial charge on any atom is -0.301 e. The van der Waals surface area contributed by atoms with Gasteiger partial charge >= 0.3 is 0 Å². The summed E-state index contributed by atoms with van der Waals surface area (Å²) in [5.41, 5.74) is 0. The fourth-order valence-electron chi connectivity index (χ4n) is 2.89. The molecular weight excluding hydrogens is 198 g/mol. The lowest BCUT2D eigenvalue weighted by Gasteiger charge is -2.32. The van der Waals surface area contributed by atoms with Gasteiger partial charge in [0.25, 0.3) is 0 Å². The van der Waals surface area contributed by atoms with E-state index >= 15 is 0 Å². The second kappa shape index (κ2) is 4.21. The van der Waals surface area contributed by atoms with Crippen LogP contribution in [0.15, 0.2) is 18.5 Å². The van der Waals surface area contributed by atoms with E-state index in [4.69, 9.17) is 0 Å². The van der Waals surface area contributed by atoms with E-state index < -0.39 is 0 Å². The predicted molar refractivity (Wildman–Crippen MR) is 64.2 cm³/mol. The molecule has 0 N–H and O–H groups in total. The van der Waals surface area contributed by atoms with Crippen LogP contribution in [0.3, 0.4) is 0 Å². The first-order valence-corrected chi connectivity index (χ1v) is 6.54. The highest BCUT2D eigenvalue weighted by Crippen LogP contribution is 2.39. The summed E-state index contributed by atoms with van der Waals surface area (Å²) >= 11 is 0. The molecule has 0 radical (unpaired) electrons. The second-order valence-electron chi connectivity index (χ2n) is 5.51. The van der Waals surface area contributed by atoms with Crippen molar-refractivity contribution in [2.24, 2.45) is 11.8 Å². The highest BCUT2D eigenvalue weighted by atomic mass is 15.3. The quantitative estimate of drug-likeness (QED) is 0.777. The number of hydrogen-bond donors (Lipinski definition) is 0. The Morgan fingerprint density at radius 3 is 3.00 bits per heavy atom. The van der Waals surface area contributed by atoms with Crippen molar-refractivity contribution in [1.29, 1.82) is 0 Å². The fourth-order valence-corrected chi connectivity index (χ4v) is 2.89. The monoisotopic (exact) mass is 219 g/mol. The van der Waals surface area contributed by atoms with Gasteiger partial charge in [0.05, 0.1) is 6.04 Å². The van der Waals surface area contributed by atoms with E-state index in [0.29, 0.717) is 6.04 Å². The second-order valence-corrected chi connectivity index (χ2v) is 5.51. The summed E-state index contributed by atoms with van der Waals surface area (Å²) in [6.07, 6.45) is 8.06. The average molecular weight is 219 g/mol. The molecule has 3 rings (SSSR count). The van der Waals surface area contributed by atoms with Crippen LogP contribution >= 0.6 is 0 Å². The van der Waals surface area contributed by atoms with E-state index in [9.17, 15) is 0 Å². The first kappa shape index (κ1) is 10.3. The molecule has 1 aliphatic carbocycles. The smallest absolute Gasteiger partial charge is 0.0646 e. The van der Waals surface area contributed by atoms with E-state index in [2.05, 4.69) is 27.8 Å². The molecule has 88 valence electrons. The van der Waals surface area contributed by atoms with Gasteiger partial charge in [-0.1, -0.05) is 6.92 Å².